The number of likely N-dealkylation sites (tertiary alicyclic amines) is 1. The molecule has 1 saturated heterocycles. The Bertz CT molecular complexity index is 445. The Morgan fingerprint density at radius 3 is 3.11 bits per heavy atom. The molecule has 1 aromatic heterocycles. The number of thiazole rings is 1. The third kappa shape index (κ3) is 3.75. The third-order valence-electron chi connectivity index (χ3n) is 3.38. The number of carbonyl (C=O) groups is 1. The largest absolute Gasteiger partial charge is 0.390 e. The second-order valence-electron chi connectivity index (χ2n) is 5.19. The van der Waals surface area contributed by atoms with E-state index in [-0.39, 0.29) is 5.91 Å². The molecule has 1 aromatic rings. The summed E-state index contributed by atoms with van der Waals surface area (Å²) >= 11 is 1.38. The van der Waals surface area contributed by atoms with Crippen molar-refractivity contribution in [2.45, 2.75) is 38.4 Å². The van der Waals surface area contributed by atoms with Gasteiger partial charge in [-0.15, -0.1) is 11.3 Å². The van der Waals surface area contributed by atoms with Gasteiger partial charge in [0, 0.05) is 20.2 Å². The van der Waals surface area contributed by atoms with Crippen molar-refractivity contribution in [3.05, 3.63) is 16.1 Å². The second kappa shape index (κ2) is 5.98. The van der Waals surface area contributed by atoms with E-state index in [9.17, 15) is 9.90 Å². The van der Waals surface area contributed by atoms with Gasteiger partial charge in [-0.2, -0.15) is 0 Å². The van der Waals surface area contributed by atoms with E-state index in [0.29, 0.717) is 31.0 Å². The van der Waals surface area contributed by atoms with Crippen molar-refractivity contribution in [2.75, 3.05) is 20.2 Å². The quantitative estimate of drug-likeness (QED) is 0.917. The minimum absolute atomic E-state index is 0.0116. The van der Waals surface area contributed by atoms with Gasteiger partial charge in [-0.05, 0) is 26.2 Å². The fourth-order valence-electron chi connectivity index (χ4n) is 2.22. The molecule has 1 aliphatic rings. The van der Waals surface area contributed by atoms with Crippen LogP contribution < -0.4 is 0 Å². The van der Waals surface area contributed by atoms with E-state index >= 15 is 0 Å². The van der Waals surface area contributed by atoms with E-state index in [1.807, 2.05) is 11.8 Å². The van der Waals surface area contributed by atoms with Crippen LogP contribution in [0.3, 0.4) is 0 Å². The van der Waals surface area contributed by atoms with E-state index in [2.05, 4.69) is 4.98 Å². The van der Waals surface area contributed by atoms with Gasteiger partial charge < -0.3 is 14.7 Å². The first-order valence-electron chi connectivity index (χ1n) is 6.47. The number of hydrogen-bond acceptors (Lipinski definition) is 5. The molecule has 1 atom stereocenters. The molecule has 0 spiro atoms. The van der Waals surface area contributed by atoms with Gasteiger partial charge in [0.1, 0.15) is 9.88 Å². The van der Waals surface area contributed by atoms with Gasteiger partial charge in [-0.3, -0.25) is 4.79 Å². The molecule has 0 radical (unpaired) electrons. The lowest BCUT2D eigenvalue weighted by atomic mass is 9.98. The maximum Gasteiger partial charge on any atom is 0.265 e. The van der Waals surface area contributed by atoms with Crippen molar-refractivity contribution in [3.8, 4) is 0 Å². The summed E-state index contributed by atoms with van der Waals surface area (Å²) in [5.74, 6) is 0.0116. The molecule has 0 saturated carbocycles. The normalized spacial score (nSPS) is 24.3. The maximum atomic E-state index is 12.4. The Hall–Kier alpha value is -0.980. The summed E-state index contributed by atoms with van der Waals surface area (Å²) < 4.78 is 5.00. The van der Waals surface area contributed by atoms with Gasteiger partial charge in [0.25, 0.3) is 5.91 Å². The van der Waals surface area contributed by atoms with Crippen LogP contribution >= 0.6 is 11.3 Å². The Labute approximate surface area is 117 Å². The van der Waals surface area contributed by atoms with Gasteiger partial charge in [-0.25, -0.2) is 4.98 Å². The number of aromatic nitrogens is 1. The van der Waals surface area contributed by atoms with Crippen molar-refractivity contribution < 1.29 is 14.6 Å². The summed E-state index contributed by atoms with van der Waals surface area (Å²) in [5.41, 5.74) is -0.649. The molecule has 0 bridgehead atoms. The highest BCUT2D eigenvalue weighted by atomic mass is 32.1. The minimum atomic E-state index is -0.649. The van der Waals surface area contributed by atoms with Gasteiger partial charge in [0.15, 0.2) is 0 Å². The highest BCUT2D eigenvalue weighted by molar-refractivity contribution is 7.13. The van der Waals surface area contributed by atoms with Gasteiger partial charge >= 0.3 is 0 Å². The summed E-state index contributed by atoms with van der Waals surface area (Å²) in [6, 6.07) is 0. The van der Waals surface area contributed by atoms with Crippen molar-refractivity contribution in [1.29, 1.82) is 0 Å². The van der Waals surface area contributed by atoms with Crippen molar-refractivity contribution in [2.24, 2.45) is 0 Å². The zero-order valence-corrected chi connectivity index (χ0v) is 12.2. The number of carbonyl (C=O) groups excluding carboxylic acids is 1. The molecule has 6 heteroatoms. The predicted molar refractivity (Wildman–Crippen MR) is 73.2 cm³/mol. The molecule has 1 unspecified atom stereocenters. The number of methoxy groups -OCH3 is 1. The number of rotatable bonds is 3. The van der Waals surface area contributed by atoms with E-state index in [4.69, 9.17) is 4.74 Å². The lowest BCUT2D eigenvalue weighted by molar-refractivity contribution is 0.0438. The molecule has 2 rings (SSSR count). The highest BCUT2D eigenvalue weighted by Gasteiger charge is 2.28. The molecule has 106 valence electrons. The molecule has 5 nitrogen and oxygen atoms in total. The lowest BCUT2D eigenvalue weighted by Gasteiger charge is -2.22. The Kier molecular flexibility index (Phi) is 4.54. The molecule has 0 aliphatic carbocycles. The number of aliphatic hydroxyl groups is 1. The first kappa shape index (κ1) is 14.4. The van der Waals surface area contributed by atoms with Gasteiger partial charge in [0.05, 0.1) is 18.4 Å². The standard InChI is InChI=1S/C13H20N2O3S/c1-13(17)4-3-6-15(7-5-13)12(16)10-8-14-11(19-10)9-18-2/h8,17H,3-7,9H2,1-2H3. The molecule has 2 heterocycles. The van der Waals surface area contributed by atoms with Gasteiger partial charge in [-0.1, -0.05) is 0 Å². The minimum Gasteiger partial charge on any atom is -0.390 e. The smallest absolute Gasteiger partial charge is 0.265 e. The lowest BCUT2D eigenvalue weighted by Crippen LogP contribution is -2.33. The van der Waals surface area contributed by atoms with Crippen molar-refractivity contribution in [1.82, 2.24) is 9.88 Å². The fraction of sp³-hybridized carbons (Fsp3) is 0.692. The van der Waals surface area contributed by atoms with E-state index in [1.54, 1.807) is 13.3 Å². The van der Waals surface area contributed by atoms with E-state index in [1.165, 1.54) is 11.3 Å². The molecular weight excluding hydrogens is 264 g/mol. The van der Waals surface area contributed by atoms with Crippen LogP contribution in [-0.2, 0) is 11.3 Å². The third-order valence-corrected chi connectivity index (χ3v) is 4.34. The average Bonchev–Trinajstić information content (AvgIpc) is 2.74. The van der Waals surface area contributed by atoms with Crippen LogP contribution in [0.4, 0.5) is 0 Å². The zero-order chi connectivity index (χ0) is 13.9. The molecule has 1 N–H and O–H groups in total. The van der Waals surface area contributed by atoms with Crippen LogP contribution in [0.25, 0.3) is 0 Å². The maximum absolute atomic E-state index is 12.4. The topological polar surface area (TPSA) is 62.7 Å². The van der Waals surface area contributed by atoms with Crippen molar-refractivity contribution >= 4 is 17.2 Å². The van der Waals surface area contributed by atoms with Crippen molar-refractivity contribution in [3.63, 3.8) is 0 Å². The molecule has 1 amide bonds. The molecule has 19 heavy (non-hydrogen) atoms. The first-order valence-corrected chi connectivity index (χ1v) is 7.29. The summed E-state index contributed by atoms with van der Waals surface area (Å²) in [6.07, 6.45) is 3.82. The summed E-state index contributed by atoms with van der Waals surface area (Å²) in [6.45, 7) is 3.58. The second-order valence-corrected chi connectivity index (χ2v) is 6.31. The van der Waals surface area contributed by atoms with E-state index < -0.39 is 5.60 Å². The Morgan fingerprint density at radius 2 is 2.37 bits per heavy atom. The summed E-state index contributed by atoms with van der Waals surface area (Å²) in [5, 5.41) is 10.8. The van der Waals surface area contributed by atoms with Crippen LogP contribution in [0.5, 0.6) is 0 Å². The summed E-state index contributed by atoms with van der Waals surface area (Å²) in [4.78, 5) is 19.0. The van der Waals surface area contributed by atoms with Crippen LogP contribution in [-0.4, -0.2) is 46.7 Å². The molecule has 0 aromatic carbocycles. The Morgan fingerprint density at radius 1 is 1.58 bits per heavy atom. The average molecular weight is 284 g/mol. The first-order chi connectivity index (χ1) is 9.02. The zero-order valence-electron chi connectivity index (χ0n) is 11.4. The van der Waals surface area contributed by atoms with E-state index in [0.717, 1.165) is 17.8 Å². The predicted octanol–water partition coefficient (Wildman–Crippen LogP) is 1.67. The monoisotopic (exact) mass is 284 g/mol. The van der Waals surface area contributed by atoms with Crippen LogP contribution in [0.2, 0.25) is 0 Å². The molecule has 1 aliphatic heterocycles. The fourth-order valence-corrected chi connectivity index (χ4v) is 3.08. The number of hydrogen-bond donors (Lipinski definition) is 1. The Balaban J connectivity index is 2.02. The number of nitrogens with zero attached hydrogens (tertiary/aromatic N) is 2. The molecular formula is C13H20N2O3S. The highest BCUT2D eigenvalue weighted by Crippen LogP contribution is 2.23. The van der Waals surface area contributed by atoms with Crippen LogP contribution in [0, 0.1) is 0 Å². The SMILES string of the molecule is COCc1ncc(C(=O)N2CCCC(C)(O)CC2)s1. The number of ether oxygens (including phenoxy) is 1. The van der Waals surface area contributed by atoms with Gasteiger partial charge in [0.2, 0.25) is 0 Å². The summed E-state index contributed by atoms with van der Waals surface area (Å²) in [7, 11) is 1.61. The van der Waals surface area contributed by atoms with Crippen LogP contribution in [0.1, 0.15) is 40.9 Å². The number of amides is 1. The van der Waals surface area contributed by atoms with Crippen LogP contribution in [0.15, 0.2) is 6.20 Å². The molecule has 1 fully saturated rings.